The summed E-state index contributed by atoms with van der Waals surface area (Å²) in [7, 11) is 0. The van der Waals surface area contributed by atoms with Crippen LogP contribution in [0.25, 0.3) is 0 Å². The number of hydrogen-bond acceptors (Lipinski definition) is 2. The molecule has 1 aromatic rings. The van der Waals surface area contributed by atoms with Gasteiger partial charge in [-0.3, -0.25) is 4.90 Å². The Morgan fingerprint density at radius 2 is 2.32 bits per heavy atom. The van der Waals surface area contributed by atoms with Crippen molar-refractivity contribution in [2.75, 3.05) is 18.0 Å². The van der Waals surface area contributed by atoms with Crippen LogP contribution in [-0.4, -0.2) is 25.7 Å². The summed E-state index contributed by atoms with van der Waals surface area (Å²) in [4.78, 5) is 13.5. The van der Waals surface area contributed by atoms with Crippen LogP contribution in [0, 0.1) is 0 Å². The number of rotatable bonds is 3. The molecule has 0 spiro atoms. The Morgan fingerprint density at radius 3 is 3.00 bits per heavy atom. The van der Waals surface area contributed by atoms with Crippen molar-refractivity contribution in [1.82, 2.24) is 5.32 Å². The third-order valence-electron chi connectivity index (χ3n) is 2.97. The maximum absolute atomic E-state index is 12.2. The first-order chi connectivity index (χ1) is 9.11. The van der Waals surface area contributed by atoms with E-state index in [1.165, 1.54) is 6.07 Å². The Bertz CT molecular complexity index is 466. The van der Waals surface area contributed by atoms with Crippen LogP contribution >= 0.6 is 0 Å². The molecule has 19 heavy (non-hydrogen) atoms. The van der Waals surface area contributed by atoms with Crippen molar-refractivity contribution < 1.29 is 18.3 Å². The van der Waals surface area contributed by atoms with Crippen LogP contribution in [0.2, 0.25) is 0 Å². The molecule has 0 aliphatic carbocycles. The number of ether oxygens (including phenoxy) is 1. The van der Waals surface area contributed by atoms with Crippen LogP contribution in [0.5, 0.6) is 5.75 Å². The Kier molecular flexibility index (Phi) is 4.19. The van der Waals surface area contributed by atoms with Gasteiger partial charge in [-0.25, -0.2) is 4.79 Å². The van der Waals surface area contributed by atoms with Gasteiger partial charge in [0.1, 0.15) is 5.75 Å². The van der Waals surface area contributed by atoms with Gasteiger partial charge in [0, 0.05) is 18.8 Å². The molecule has 1 aliphatic heterocycles. The summed E-state index contributed by atoms with van der Waals surface area (Å²) >= 11 is 0. The minimum absolute atomic E-state index is 0.131. The summed E-state index contributed by atoms with van der Waals surface area (Å²) in [5.41, 5.74) is 1.62. The second-order valence-electron chi connectivity index (χ2n) is 4.26. The van der Waals surface area contributed by atoms with E-state index in [1.807, 2.05) is 6.92 Å². The second kappa shape index (κ2) is 5.86. The fourth-order valence-corrected chi connectivity index (χ4v) is 2.21. The first kappa shape index (κ1) is 13.6. The predicted octanol–water partition coefficient (Wildman–Crippen LogP) is 2.77. The van der Waals surface area contributed by atoms with Gasteiger partial charge in [0.15, 0.2) is 0 Å². The molecule has 1 aliphatic rings. The van der Waals surface area contributed by atoms with E-state index in [-0.39, 0.29) is 11.8 Å². The molecule has 0 fully saturated rings. The fourth-order valence-electron chi connectivity index (χ4n) is 2.21. The number of halogens is 2. The Morgan fingerprint density at radius 1 is 1.53 bits per heavy atom. The van der Waals surface area contributed by atoms with E-state index in [1.54, 1.807) is 17.0 Å². The van der Waals surface area contributed by atoms with E-state index in [0.717, 1.165) is 24.1 Å². The molecule has 0 atom stereocenters. The fraction of sp³-hybridized carbons (Fsp3) is 0.462. The average Bonchev–Trinajstić information content (AvgIpc) is 2.37. The van der Waals surface area contributed by atoms with Crippen molar-refractivity contribution in [3.8, 4) is 5.75 Å². The van der Waals surface area contributed by atoms with E-state index in [4.69, 9.17) is 0 Å². The SMILES string of the molecule is CCNC(=O)N1CCCc2cc(OC(F)F)ccc21. The average molecular weight is 270 g/mol. The van der Waals surface area contributed by atoms with Crippen LogP contribution in [0.15, 0.2) is 18.2 Å². The lowest BCUT2D eigenvalue weighted by molar-refractivity contribution is -0.0498. The van der Waals surface area contributed by atoms with E-state index < -0.39 is 6.61 Å². The number of urea groups is 1. The van der Waals surface area contributed by atoms with Crippen molar-refractivity contribution >= 4 is 11.7 Å². The van der Waals surface area contributed by atoms with Crippen molar-refractivity contribution in [3.05, 3.63) is 23.8 Å². The standard InChI is InChI=1S/C13H16F2N2O2/c1-2-16-13(18)17-7-3-4-9-8-10(19-12(14)15)5-6-11(9)17/h5-6,8,12H,2-4,7H2,1H3,(H,16,18). The minimum atomic E-state index is -2.83. The number of amides is 2. The van der Waals surface area contributed by atoms with Crippen molar-refractivity contribution in [2.24, 2.45) is 0 Å². The number of carbonyl (C=O) groups is 1. The highest BCUT2D eigenvalue weighted by atomic mass is 19.3. The molecule has 1 aromatic carbocycles. The zero-order valence-electron chi connectivity index (χ0n) is 10.7. The van der Waals surface area contributed by atoms with Crippen LogP contribution < -0.4 is 15.0 Å². The van der Waals surface area contributed by atoms with E-state index >= 15 is 0 Å². The molecule has 4 nitrogen and oxygen atoms in total. The van der Waals surface area contributed by atoms with Crippen molar-refractivity contribution in [3.63, 3.8) is 0 Å². The second-order valence-corrected chi connectivity index (χ2v) is 4.26. The quantitative estimate of drug-likeness (QED) is 0.917. The molecule has 0 aromatic heterocycles. The third-order valence-corrected chi connectivity index (χ3v) is 2.97. The Labute approximate surface area is 110 Å². The van der Waals surface area contributed by atoms with Gasteiger partial charge in [-0.05, 0) is 43.5 Å². The Hall–Kier alpha value is -1.85. The van der Waals surface area contributed by atoms with Gasteiger partial charge in [0.2, 0.25) is 0 Å². The molecule has 0 bridgehead atoms. The van der Waals surface area contributed by atoms with Gasteiger partial charge in [-0.15, -0.1) is 0 Å². The number of carbonyl (C=O) groups excluding carboxylic acids is 1. The number of aryl methyl sites for hydroxylation is 1. The molecule has 0 radical (unpaired) electrons. The molecule has 104 valence electrons. The topological polar surface area (TPSA) is 41.6 Å². The lowest BCUT2D eigenvalue weighted by Gasteiger charge is -2.29. The van der Waals surface area contributed by atoms with Gasteiger partial charge < -0.3 is 10.1 Å². The summed E-state index contributed by atoms with van der Waals surface area (Å²) < 4.78 is 28.7. The molecular weight excluding hydrogens is 254 g/mol. The maximum atomic E-state index is 12.2. The monoisotopic (exact) mass is 270 g/mol. The van der Waals surface area contributed by atoms with Gasteiger partial charge in [-0.1, -0.05) is 0 Å². The number of anilines is 1. The summed E-state index contributed by atoms with van der Waals surface area (Å²) in [5, 5.41) is 2.74. The number of alkyl halides is 2. The van der Waals surface area contributed by atoms with Crippen LogP contribution in [0.1, 0.15) is 18.9 Å². The van der Waals surface area contributed by atoms with Crippen molar-refractivity contribution in [1.29, 1.82) is 0 Å². The van der Waals surface area contributed by atoms with Gasteiger partial charge in [0.25, 0.3) is 0 Å². The molecular formula is C13H16F2N2O2. The lowest BCUT2D eigenvalue weighted by atomic mass is 10.0. The van der Waals surface area contributed by atoms with Gasteiger partial charge in [0.05, 0.1) is 0 Å². The number of nitrogens with zero attached hydrogens (tertiary/aromatic N) is 1. The third kappa shape index (κ3) is 3.13. The van der Waals surface area contributed by atoms with Gasteiger partial charge >= 0.3 is 12.6 Å². The summed E-state index contributed by atoms with van der Waals surface area (Å²) in [5.74, 6) is 0.131. The number of nitrogens with one attached hydrogen (secondary N) is 1. The molecule has 0 unspecified atom stereocenters. The lowest BCUT2D eigenvalue weighted by Crippen LogP contribution is -2.42. The number of hydrogen-bond donors (Lipinski definition) is 1. The maximum Gasteiger partial charge on any atom is 0.387 e. The zero-order valence-corrected chi connectivity index (χ0v) is 10.7. The molecule has 1 N–H and O–H groups in total. The largest absolute Gasteiger partial charge is 0.435 e. The van der Waals surface area contributed by atoms with E-state index in [2.05, 4.69) is 10.1 Å². The summed E-state index contributed by atoms with van der Waals surface area (Å²) in [6, 6.07) is 4.53. The van der Waals surface area contributed by atoms with E-state index in [9.17, 15) is 13.6 Å². The van der Waals surface area contributed by atoms with Crippen LogP contribution in [-0.2, 0) is 6.42 Å². The molecule has 0 saturated heterocycles. The van der Waals surface area contributed by atoms with E-state index in [0.29, 0.717) is 13.1 Å². The molecule has 2 rings (SSSR count). The zero-order chi connectivity index (χ0) is 13.8. The highest BCUT2D eigenvalue weighted by Gasteiger charge is 2.22. The predicted molar refractivity (Wildman–Crippen MR) is 67.8 cm³/mol. The Balaban J connectivity index is 2.23. The first-order valence-electron chi connectivity index (χ1n) is 6.25. The summed E-state index contributed by atoms with van der Waals surface area (Å²) in [6.07, 6.45) is 1.56. The van der Waals surface area contributed by atoms with Crippen molar-refractivity contribution in [2.45, 2.75) is 26.4 Å². The first-order valence-corrected chi connectivity index (χ1v) is 6.25. The van der Waals surface area contributed by atoms with Gasteiger partial charge in [-0.2, -0.15) is 8.78 Å². The minimum Gasteiger partial charge on any atom is -0.435 e. The molecule has 1 heterocycles. The number of benzene rings is 1. The highest BCUT2D eigenvalue weighted by Crippen LogP contribution is 2.31. The highest BCUT2D eigenvalue weighted by molar-refractivity contribution is 5.93. The molecule has 6 heteroatoms. The van der Waals surface area contributed by atoms with Crippen LogP contribution in [0.3, 0.4) is 0 Å². The molecule has 0 saturated carbocycles. The van der Waals surface area contributed by atoms with Crippen LogP contribution in [0.4, 0.5) is 19.3 Å². The normalized spacial score (nSPS) is 14.2. The molecule has 2 amide bonds. The summed E-state index contributed by atoms with van der Waals surface area (Å²) in [6.45, 7) is 0.203. The number of fused-ring (bicyclic) bond motifs is 1. The smallest absolute Gasteiger partial charge is 0.387 e.